The third-order valence-corrected chi connectivity index (χ3v) is 5.19. The number of esters is 1. The molecule has 0 spiro atoms. The van der Waals surface area contributed by atoms with Crippen LogP contribution in [-0.2, 0) is 20.7 Å². The fourth-order valence-electron chi connectivity index (χ4n) is 3.23. The first kappa shape index (κ1) is 27.6. The highest BCUT2D eigenvalue weighted by molar-refractivity contribution is 6.11. The lowest BCUT2D eigenvalue weighted by molar-refractivity contribution is -0.138. The maximum atomic E-state index is 12.8. The first-order valence-corrected chi connectivity index (χ1v) is 11.6. The molecule has 3 N–H and O–H groups in total. The van der Waals surface area contributed by atoms with E-state index in [9.17, 15) is 24.6 Å². The van der Waals surface area contributed by atoms with E-state index < -0.39 is 17.8 Å². The van der Waals surface area contributed by atoms with Crippen molar-refractivity contribution in [1.82, 2.24) is 5.32 Å². The molecule has 3 aromatic carbocycles. The van der Waals surface area contributed by atoms with Crippen LogP contribution in [0.1, 0.15) is 28.4 Å². The zero-order chi connectivity index (χ0) is 27.5. The molecule has 0 bridgehead atoms. The number of hydrogen-bond donors (Lipinski definition) is 3. The number of hydrogen-bond acceptors (Lipinski definition) is 9. The Labute approximate surface area is 219 Å². The number of carbonyl (C=O) groups excluding carboxylic acids is 3. The van der Waals surface area contributed by atoms with Crippen molar-refractivity contribution in [3.63, 3.8) is 0 Å². The second-order valence-corrected chi connectivity index (χ2v) is 8.11. The minimum absolute atomic E-state index is 0.000129. The Bertz CT molecular complexity index is 1350. The maximum Gasteiger partial charge on any atom is 0.407 e. The van der Waals surface area contributed by atoms with Gasteiger partial charge in [-0.2, -0.15) is 5.11 Å². The molecule has 0 aliphatic heterocycles. The van der Waals surface area contributed by atoms with E-state index in [1.54, 1.807) is 54.6 Å². The summed E-state index contributed by atoms with van der Waals surface area (Å²) in [6, 6.07) is 17.8. The van der Waals surface area contributed by atoms with E-state index in [1.807, 2.05) is 0 Å². The third kappa shape index (κ3) is 7.76. The highest BCUT2D eigenvalue weighted by atomic mass is 16.6. The molecule has 0 saturated carbocycles. The molecule has 3 rings (SSSR count). The van der Waals surface area contributed by atoms with Gasteiger partial charge in [-0.15, -0.1) is 5.11 Å². The third-order valence-electron chi connectivity index (χ3n) is 5.19. The summed E-state index contributed by atoms with van der Waals surface area (Å²) in [5.74, 6) is -1.68. The van der Waals surface area contributed by atoms with Gasteiger partial charge in [0.05, 0.1) is 24.4 Å². The highest BCUT2D eigenvalue weighted by Gasteiger charge is 2.17. The Kier molecular flexibility index (Phi) is 9.70. The van der Waals surface area contributed by atoms with E-state index in [2.05, 4.69) is 22.1 Å². The minimum atomic E-state index is -0.667. The van der Waals surface area contributed by atoms with Crippen LogP contribution in [0.25, 0.3) is 0 Å². The largest absolute Gasteiger partial charge is 0.507 e. The lowest BCUT2D eigenvalue weighted by atomic mass is 10.0. The van der Waals surface area contributed by atoms with E-state index in [0.717, 1.165) is 11.6 Å². The van der Waals surface area contributed by atoms with Crippen molar-refractivity contribution in [1.29, 1.82) is 0 Å². The first-order valence-electron chi connectivity index (χ1n) is 11.6. The van der Waals surface area contributed by atoms with Crippen LogP contribution >= 0.6 is 0 Å². The van der Waals surface area contributed by atoms with Crippen molar-refractivity contribution >= 4 is 29.2 Å². The van der Waals surface area contributed by atoms with Crippen LogP contribution in [0.5, 0.6) is 11.5 Å². The molecule has 0 radical (unpaired) electrons. The van der Waals surface area contributed by atoms with Crippen LogP contribution in [0.3, 0.4) is 0 Å². The van der Waals surface area contributed by atoms with Crippen LogP contribution in [0.15, 0.2) is 89.1 Å². The number of aromatic hydroxyl groups is 2. The molecule has 10 heteroatoms. The minimum Gasteiger partial charge on any atom is -0.507 e. The average Bonchev–Trinajstić information content (AvgIpc) is 2.91. The summed E-state index contributed by atoms with van der Waals surface area (Å²) in [6.45, 7) is 5.12. The van der Waals surface area contributed by atoms with E-state index in [1.165, 1.54) is 13.0 Å². The van der Waals surface area contributed by atoms with Crippen molar-refractivity contribution in [3.05, 3.63) is 95.6 Å². The summed E-state index contributed by atoms with van der Waals surface area (Å²) in [5.41, 5.74) is 1.80. The highest BCUT2D eigenvalue weighted by Crippen LogP contribution is 2.36. The van der Waals surface area contributed by atoms with Gasteiger partial charge in [0, 0.05) is 23.6 Å². The second-order valence-electron chi connectivity index (χ2n) is 8.11. The molecule has 1 amide bonds. The number of azo groups is 1. The molecule has 0 aliphatic carbocycles. The van der Waals surface area contributed by atoms with Crippen molar-refractivity contribution < 1.29 is 34.1 Å². The van der Waals surface area contributed by atoms with Gasteiger partial charge in [-0.1, -0.05) is 55.1 Å². The van der Waals surface area contributed by atoms with E-state index in [4.69, 9.17) is 9.47 Å². The predicted octanol–water partition coefficient (Wildman–Crippen LogP) is 5.13. The van der Waals surface area contributed by atoms with E-state index in [0.29, 0.717) is 17.7 Å². The number of ketones is 1. The Morgan fingerprint density at radius 1 is 0.868 bits per heavy atom. The summed E-state index contributed by atoms with van der Waals surface area (Å²) in [4.78, 5) is 35.9. The Morgan fingerprint density at radius 3 is 2.29 bits per heavy atom. The molecule has 0 aromatic heterocycles. The smallest absolute Gasteiger partial charge is 0.407 e. The molecule has 10 nitrogen and oxygen atoms in total. The lowest BCUT2D eigenvalue weighted by Gasteiger charge is -2.09. The van der Waals surface area contributed by atoms with Crippen LogP contribution < -0.4 is 5.32 Å². The number of rotatable bonds is 11. The summed E-state index contributed by atoms with van der Waals surface area (Å²) >= 11 is 0. The zero-order valence-corrected chi connectivity index (χ0v) is 20.7. The second kappa shape index (κ2) is 13.4. The summed E-state index contributed by atoms with van der Waals surface area (Å²) in [5, 5.41) is 31.2. The van der Waals surface area contributed by atoms with Crippen LogP contribution in [-0.4, -0.2) is 47.8 Å². The normalized spacial score (nSPS) is 10.7. The Hall–Kier alpha value is -4.99. The first-order chi connectivity index (χ1) is 18.3. The molecule has 0 heterocycles. The van der Waals surface area contributed by atoms with E-state index in [-0.39, 0.29) is 48.1 Å². The summed E-state index contributed by atoms with van der Waals surface area (Å²) in [6.07, 6.45) is -0.341. The Morgan fingerprint density at radius 2 is 1.55 bits per heavy atom. The molecule has 0 saturated heterocycles. The quantitative estimate of drug-likeness (QED) is 0.105. The van der Waals surface area contributed by atoms with Crippen molar-refractivity contribution in [3.8, 4) is 11.5 Å². The molecule has 0 fully saturated rings. The number of nitrogens with one attached hydrogen (secondary N) is 1. The van der Waals surface area contributed by atoms with Gasteiger partial charge in [-0.05, 0) is 24.6 Å². The van der Waals surface area contributed by atoms with Gasteiger partial charge in [-0.25, -0.2) is 9.59 Å². The number of alkyl carbamates (subject to hydrolysis) is 1. The maximum absolute atomic E-state index is 12.8. The molecule has 196 valence electrons. The zero-order valence-electron chi connectivity index (χ0n) is 20.7. The Balaban J connectivity index is 1.62. The molecule has 0 atom stereocenters. The SMILES string of the molecule is C=C(C)C(=O)OCCNC(=O)OCCc1ccccc1N=Nc1cc(C(=O)c2ccccc2)c(O)cc1O. The van der Waals surface area contributed by atoms with Crippen LogP contribution in [0.4, 0.5) is 16.2 Å². The standard InChI is InChI=1S/C28H27N3O7/c1-18(2)27(35)37-15-13-29-28(36)38-14-12-19-8-6-7-11-22(19)30-31-23-16-21(24(32)17-25(23)33)26(34)20-9-4-3-5-10-20/h3-11,16-17,32-33H,1,12-15H2,2H3,(H,29,36). The lowest BCUT2D eigenvalue weighted by Crippen LogP contribution is -2.29. The number of benzene rings is 3. The molecular formula is C28H27N3O7. The van der Waals surface area contributed by atoms with Crippen molar-refractivity contribution in [2.45, 2.75) is 13.3 Å². The van der Waals surface area contributed by atoms with Gasteiger partial charge in [0.15, 0.2) is 5.78 Å². The van der Waals surface area contributed by atoms with Crippen LogP contribution in [0, 0.1) is 0 Å². The van der Waals surface area contributed by atoms with Crippen molar-refractivity contribution in [2.24, 2.45) is 10.2 Å². The number of phenols is 2. The number of ether oxygens (including phenoxy) is 2. The van der Waals surface area contributed by atoms with Gasteiger partial charge < -0.3 is 25.0 Å². The number of nitrogens with zero attached hydrogens (tertiary/aromatic N) is 2. The fraction of sp³-hybridized carbons (Fsp3) is 0.179. The fourth-order valence-corrected chi connectivity index (χ4v) is 3.23. The molecule has 38 heavy (non-hydrogen) atoms. The van der Waals surface area contributed by atoms with E-state index >= 15 is 0 Å². The molecule has 3 aromatic rings. The van der Waals surface area contributed by atoms with Gasteiger partial charge in [0.2, 0.25) is 0 Å². The number of carbonyl (C=O) groups is 3. The van der Waals surface area contributed by atoms with Gasteiger partial charge in [0.1, 0.15) is 23.8 Å². The van der Waals surface area contributed by atoms with Crippen molar-refractivity contribution in [2.75, 3.05) is 19.8 Å². The number of phenolic OH excluding ortho intramolecular Hbond substituents is 2. The molecule has 0 aliphatic rings. The predicted molar refractivity (Wildman–Crippen MR) is 139 cm³/mol. The van der Waals surface area contributed by atoms with Gasteiger partial charge >= 0.3 is 12.1 Å². The van der Waals surface area contributed by atoms with Gasteiger partial charge in [-0.3, -0.25) is 4.79 Å². The van der Waals surface area contributed by atoms with Gasteiger partial charge in [0.25, 0.3) is 0 Å². The summed E-state index contributed by atoms with van der Waals surface area (Å²) in [7, 11) is 0. The van der Waals surface area contributed by atoms with Crippen LogP contribution in [0.2, 0.25) is 0 Å². The average molecular weight is 518 g/mol. The number of amides is 1. The topological polar surface area (TPSA) is 147 Å². The molecular weight excluding hydrogens is 490 g/mol. The monoisotopic (exact) mass is 517 g/mol. The summed E-state index contributed by atoms with van der Waals surface area (Å²) < 4.78 is 10.0. The molecule has 0 unspecified atom stereocenters.